The Morgan fingerprint density at radius 1 is 1.20 bits per heavy atom. The van der Waals surface area contributed by atoms with Crippen molar-refractivity contribution in [1.82, 2.24) is 9.88 Å². The van der Waals surface area contributed by atoms with Crippen molar-refractivity contribution in [2.24, 2.45) is 0 Å². The summed E-state index contributed by atoms with van der Waals surface area (Å²) in [5.41, 5.74) is -0.00174. The number of hydrogen-bond acceptors (Lipinski definition) is 3. The molecule has 0 atom stereocenters. The second-order valence-corrected chi connectivity index (χ2v) is 5.75. The molecule has 2 aromatic rings. The molecule has 3 N–H and O–H groups in total. The monoisotopic (exact) mass is 367 g/mol. The standard InChI is InChI=1S/C18H25N3O3.ClH/c1-4-20(5-2)12-11-19-17(23)15-16(22)13-9-7-8-10-14(13)21(6-3)18(15)24;/h7-10,22H,4-6,11-12H2,1-3H3,(H,19,23);1H. The molecule has 0 aliphatic heterocycles. The molecule has 138 valence electrons. The third-order valence-corrected chi connectivity index (χ3v) is 4.45. The fourth-order valence-electron chi connectivity index (χ4n) is 2.95. The average Bonchev–Trinajstić information content (AvgIpc) is 2.59. The van der Waals surface area contributed by atoms with Gasteiger partial charge in [-0.25, -0.2) is 0 Å². The number of nitrogens with zero attached hydrogens (tertiary/aromatic N) is 1. The van der Waals surface area contributed by atoms with Gasteiger partial charge in [0.05, 0.1) is 31.7 Å². The summed E-state index contributed by atoms with van der Waals surface area (Å²) in [6.45, 7) is 9.68. The molecule has 6 nitrogen and oxygen atoms in total. The number of fused-ring (bicyclic) bond motifs is 1. The molecule has 1 aromatic carbocycles. The number of nitrogens with one attached hydrogen (secondary N) is 2. The van der Waals surface area contributed by atoms with Crippen LogP contribution in [0.15, 0.2) is 29.1 Å². The van der Waals surface area contributed by atoms with Crippen molar-refractivity contribution >= 4 is 16.8 Å². The van der Waals surface area contributed by atoms with E-state index in [9.17, 15) is 14.7 Å². The van der Waals surface area contributed by atoms with Gasteiger partial charge in [-0.05, 0) is 32.9 Å². The first-order chi connectivity index (χ1) is 11.5. The van der Waals surface area contributed by atoms with E-state index in [1.54, 1.807) is 24.3 Å². The Labute approximate surface area is 153 Å². The Kier molecular flexibility index (Phi) is 7.93. The predicted molar refractivity (Wildman–Crippen MR) is 94.8 cm³/mol. The average molecular weight is 368 g/mol. The lowest BCUT2D eigenvalue weighted by molar-refractivity contribution is -0.895. The number of aryl methyl sites for hydroxylation is 1. The second-order valence-electron chi connectivity index (χ2n) is 5.75. The lowest BCUT2D eigenvalue weighted by atomic mass is 10.1. The number of carbonyl (C=O) groups excluding carboxylic acids is 1. The van der Waals surface area contributed by atoms with E-state index in [0.717, 1.165) is 19.6 Å². The highest BCUT2D eigenvalue weighted by molar-refractivity contribution is 6.02. The maximum absolute atomic E-state index is 12.6. The summed E-state index contributed by atoms with van der Waals surface area (Å²) in [5.74, 6) is -0.759. The summed E-state index contributed by atoms with van der Waals surface area (Å²) < 4.78 is 1.51. The van der Waals surface area contributed by atoms with E-state index in [2.05, 4.69) is 19.2 Å². The fraction of sp³-hybridized carbons (Fsp3) is 0.444. The summed E-state index contributed by atoms with van der Waals surface area (Å²) in [5, 5.41) is 13.7. The van der Waals surface area contributed by atoms with Gasteiger partial charge in [0.1, 0.15) is 11.3 Å². The fourth-order valence-corrected chi connectivity index (χ4v) is 2.95. The van der Waals surface area contributed by atoms with Crippen LogP contribution in [0.3, 0.4) is 0 Å². The van der Waals surface area contributed by atoms with E-state index >= 15 is 0 Å². The molecular formula is C18H26ClN3O3. The number of benzene rings is 1. The number of halogens is 1. The van der Waals surface area contributed by atoms with Crippen LogP contribution in [0.1, 0.15) is 31.1 Å². The molecular weight excluding hydrogens is 342 g/mol. The van der Waals surface area contributed by atoms with E-state index in [0.29, 0.717) is 24.0 Å². The molecule has 0 saturated heterocycles. The Hall–Kier alpha value is -2.05. The van der Waals surface area contributed by atoms with Gasteiger partial charge in [-0.3, -0.25) is 9.59 Å². The van der Waals surface area contributed by atoms with E-state index < -0.39 is 11.5 Å². The summed E-state index contributed by atoms with van der Waals surface area (Å²) in [6.07, 6.45) is 0. The van der Waals surface area contributed by atoms with Gasteiger partial charge in [0, 0.05) is 11.9 Å². The summed E-state index contributed by atoms with van der Waals surface area (Å²) in [6, 6.07) is 7.07. The highest BCUT2D eigenvalue weighted by Gasteiger charge is 2.21. The topological polar surface area (TPSA) is 75.8 Å². The smallest absolute Gasteiger partial charge is 0.267 e. The van der Waals surface area contributed by atoms with Crippen molar-refractivity contribution in [2.45, 2.75) is 27.3 Å². The number of rotatable bonds is 7. The molecule has 1 aromatic heterocycles. The number of likely N-dealkylation sites (N-methyl/N-ethyl adjacent to an activating group) is 1. The van der Waals surface area contributed by atoms with Crippen molar-refractivity contribution in [3.05, 3.63) is 40.2 Å². The zero-order chi connectivity index (χ0) is 17.7. The van der Waals surface area contributed by atoms with Crippen molar-refractivity contribution in [3.8, 4) is 5.75 Å². The van der Waals surface area contributed by atoms with Crippen LogP contribution in [-0.2, 0) is 6.54 Å². The van der Waals surface area contributed by atoms with E-state index in [4.69, 9.17) is 0 Å². The van der Waals surface area contributed by atoms with Gasteiger partial charge in [-0.2, -0.15) is 0 Å². The molecule has 0 aliphatic rings. The molecule has 0 saturated carbocycles. The molecule has 1 amide bonds. The van der Waals surface area contributed by atoms with Gasteiger partial charge < -0.3 is 32.3 Å². The highest BCUT2D eigenvalue weighted by Crippen LogP contribution is 2.25. The SMILES string of the molecule is CCn1c(=O)c(C(=O)NCC[NH+](CC)CC)c(O)c2ccccc21.[Cl-]. The largest absolute Gasteiger partial charge is 1.00 e. The molecule has 7 heteroatoms. The van der Waals surface area contributed by atoms with Crippen molar-refractivity contribution in [1.29, 1.82) is 0 Å². The van der Waals surface area contributed by atoms with E-state index in [1.807, 2.05) is 6.92 Å². The normalized spacial score (nSPS) is 10.7. The number of para-hydroxylation sites is 1. The van der Waals surface area contributed by atoms with Gasteiger partial charge in [-0.1, -0.05) is 12.1 Å². The number of carbonyl (C=O) groups is 1. The first kappa shape index (κ1) is 21.0. The van der Waals surface area contributed by atoms with Crippen LogP contribution < -0.4 is 28.2 Å². The van der Waals surface area contributed by atoms with Gasteiger partial charge in [-0.15, -0.1) is 0 Å². The molecule has 0 fully saturated rings. The molecule has 0 unspecified atom stereocenters. The minimum absolute atomic E-state index is 0. The van der Waals surface area contributed by atoms with Gasteiger partial charge in [0.15, 0.2) is 0 Å². The van der Waals surface area contributed by atoms with Crippen LogP contribution in [0.25, 0.3) is 10.9 Å². The number of aromatic nitrogens is 1. The lowest BCUT2D eigenvalue weighted by Gasteiger charge is -2.16. The molecule has 0 aliphatic carbocycles. The lowest BCUT2D eigenvalue weighted by Crippen LogP contribution is -3.12. The molecule has 0 bridgehead atoms. The van der Waals surface area contributed by atoms with E-state index in [1.165, 1.54) is 9.47 Å². The molecule has 0 radical (unpaired) electrons. The maximum atomic E-state index is 12.6. The summed E-state index contributed by atoms with van der Waals surface area (Å²) >= 11 is 0. The Balaban J connectivity index is 0.00000312. The number of hydrogen-bond donors (Lipinski definition) is 3. The number of pyridine rings is 1. The van der Waals surface area contributed by atoms with Crippen molar-refractivity contribution < 1.29 is 27.2 Å². The minimum atomic E-state index is -0.517. The zero-order valence-electron chi connectivity index (χ0n) is 14.9. The quantitative estimate of drug-likeness (QED) is 0.502. The van der Waals surface area contributed by atoms with Crippen molar-refractivity contribution in [3.63, 3.8) is 0 Å². The number of aromatic hydroxyl groups is 1. The number of amides is 1. The first-order valence-corrected chi connectivity index (χ1v) is 8.51. The third-order valence-electron chi connectivity index (χ3n) is 4.45. The molecule has 2 rings (SSSR count). The van der Waals surface area contributed by atoms with Crippen LogP contribution in [-0.4, -0.2) is 41.8 Å². The highest BCUT2D eigenvalue weighted by atomic mass is 35.5. The zero-order valence-corrected chi connectivity index (χ0v) is 15.7. The summed E-state index contributed by atoms with van der Waals surface area (Å²) in [7, 11) is 0. The minimum Gasteiger partial charge on any atom is -1.00 e. The summed E-state index contributed by atoms with van der Waals surface area (Å²) in [4.78, 5) is 26.4. The van der Waals surface area contributed by atoms with Crippen molar-refractivity contribution in [2.75, 3.05) is 26.2 Å². The van der Waals surface area contributed by atoms with Crippen LogP contribution >= 0.6 is 0 Å². The van der Waals surface area contributed by atoms with Gasteiger partial charge >= 0.3 is 0 Å². The first-order valence-electron chi connectivity index (χ1n) is 8.51. The van der Waals surface area contributed by atoms with Crippen LogP contribution in [0.2, 0.25) is 0 Å². The van der Waals surface area contributed by atoms with Crippen LogP contribution in [0.5, 0.6) is 5.75 Å². The number of quaternary nitrogens is 1. The Morgan fingerprint density at radius 3 is 2.44 bits per heavy atom. The van der Waals surface area contributed by atoms with Crippen LogP contribution in [0.4, 0.5) is 0 Å². The van der Waals surface area contributed by atoms with Crippen LogP contribution in [0, 0.1) is 0 Å². The van der Waals surface area contributed by atoms with E-state index in [-0.39, 0.29) is 23.7 Å². The maximum Gasteiger partial charge on any atom is 0.267 e. The predicted octanol–water partition coefficient (Wildman–Crippen LogP) is -2.61. The van der Waals surface area contributed by atoms with Gasteiger partial charge in [0.25, 0.3) is 11.5 Å². The Morgan fingerprint density at radius 2 is 1.84 bits per heavy atom. The molecule has 1 heterocycles. The Bertz CT molecular complexity index is 785. The second kappa shape index (κ2) is 9.44. The van der Waals surface area contributed by atoms with Gasteiger partial charge in [0.2, 0.25) is 0 Å². The third kappa shape index (κ3) is 4.32. The molecule has 0 spiro atoms. The molecule has 25 heavy (non-hydrogen) atoms.